The molecule has 3 amide bonds. The van der Waals surface area contributed by atoms with Crippen LogP contribution in [0.3, 0.4) is 0 Å². The summed E-state index contributed by atoms with van der Waals surface area (Å²) in [5.41, 5.74) is 6.60. The fourth-order valence-electron chi connectivity index (χ4n) is 3.47. The molecular formula is C25H38N4O8S. The number of hydrogen-bond acceptors (Lipinski definition) is 8. The van der Waals surface area contributed by atoms with Crippen molar-refractivity contribution in [1.82, 2.24) is 16.0 Å². The summed E-state index contributed by atoms with van der Waals surface area (Å²) in [4.78, 5) is 61.5. The molecule has 0 bridgehead atoms. The number of nitrogens with one attached hydrogen (secondary N) is 3. The Morgan fingerprint density at radius 1 is 0.921 bits per heavy atom. The first-order chi connectivity index (χ1) is 17.9. The van der Waals surface area contributed by atoms with Crippen LogP contribution < -0.4 is 21.7 Å². The van der Waals surface area contributed by atoms with E-state index < -0.39 is 66.2 Å². The molecule has 12 nitrogen and oxygen atoms in total. The van der Waals surface area contributed by atoms with Crippen molar-refractivity contribution >= 4 is 41.4 Å². The highest BCUT2D eigenvalue weighted by Crippen LogP contribution is 2.14. The molecule has 0 aliphatic carbocycles. The molecule has 13 heteroatoms. The maximum Gasteiger partial charge on any atom is 0.326 e. The molecule has 0 fully saturated rings. The van der Waals surface area contributed by atoms with E-state index in [9.17, 15) is 34.2 Å². The van der Waals surface area contributed by atoms with Crippen molar-refractivity contribution in [2.24, 2.45) is 11.7 Å². The Hall–Kier alpha value is -3.32. The van der Waals surface area contributed by atoms with Gasteiger partial charge in [0.25, 0.3) is 0 Å². The van der Waals surface area contributed by atoms with Crippen LogP contribution in [-0.2, 0) is 30.4 Å². The number of amides is 3. The second kappa shape index (κ2) is 16.5. The van der Waals surface area contributed by atoms with Crippen molar-refractivity contribution in [2.75, 3.05) is 12.0 Å². The zero-order chi connectivity index (χ0) is 28.8. The second-order valence-corrected chi connectivity index (χ2v) is 10.0. The summed E-state index contributed by atoms with van der Waals surface area (Å²) in [6.07, 6.45) is 1.98. The lowest BCUT2D eigenvalue weighted by Gasteiger charge is -2.28. The highest BCUT2D eigenvalue weighted by atomic mass is 32.2. The van der Waals surface area contributed by atoms with Crippen LogP contribution >= 0.6 is 11.8 Å². The smallest absolute Gasteiger partial charge is 0.326 e. The van der Waals surface area contributed by atoms with Gasteiger partial charge in [0.05, 0.1) is 6.04 Å². The van der Waals surface area contributed by atoms with Crippen molar-refractivity contribution in [3.8, 4) is 5.75 Å². The standard InChI is InChI=1S/C25H38N4O8S/c1-4-14(2)21(24(35)27-18(25(36)37)9-10-20(31)32)29-23(34)19(13-15-5-7-16(30)8-6-15)28-22(33)17(26)11-12-38-3/h5-8,14,17-19,21,30H,4,9-13,26H2,1-3H3,(H,27,35)(H,28,33)(H,29,34)(H,31,32)(H,36,37). The van der Waals surface area contributed by atoms with Gasteiger partial charge in [-0.05, 0) is 48.5 Å². The minimum atomic E-state index is -1.45. The summed E-state index contributed by atoms with van der Waals surface area (Å²) in [5.74, 6) is -4.34. The first kappa shape index (κ1) is 32.7. The number of phenols is 1. The lowest BCUT2D eigenvalue weighted by Crippen LogP contribution is -2.59. The van der Waals surface area contributed by atoms with Gasteiger partial charge < -0.3 is 37.0 Å². The Labute approximate surface area is 226 Å². The molecule has 0 radical (unpaired) electrons. The van der Waals surface area contributed by atoms with Crippen LogP contribution in [0.2, 0.25) is 0 Å². The van der Waals surface area contributed by atoms with Crippen molar-refractivity contribution < 1.29 is 39.3 Å². The predicted octanol–water partition coefficient (Wildman–Crippen LogP) is 0.465. The highest BCUT2D eigenvalue weighted by molar-refractivity contribution is 7.98. The van der Waals surface area contributed by atoms with E-state index in [0.29, 0.717) is 24.2 Å². The van der Waals surface area contributed by atoms with Crippen LogP contribution in [0.25, 0.3) is 0 Å². The van der Waals surface area contributed by atoms with Gasteiger partial charge in [-0.2, -0.15) is 11.8 Å². The number of aliphatic carboxylic acids is 2. The third-order valence-electron chi connectivity index (χ3n) is 6.03. The average molecular weight is 555 g/mol. The van der Waals surface area contributed by atoms with E-state index in [4.69, 9.17) is 10.8 Å². The van der Waals surface area contributed by atoms with Crippen LogP contribution in [0.4, 0.5) is 0 Å². The Kier molecular flexibility index (Phi) is 14.2. The predicted molar refractivity (Wildman–Crippen MR) is 143 cm³/mol. The minimum Gasteiger partial charge on any atom is -0.508 e. The van der Waals surface area contributed by atoms with E-state index in [0.717, 1.165) is 0 Å². The van der Waals surface area contributed by atoms with Crippen LogP contribution in [0.15, 0.2) is 24.3 Å². The largest absolute Gasteiger partial charge is 0.508 e. The number of rotatable bonds is 17. The van der Waals surface area contributed by atoms with E-state index in [1.807, 2.05) is 6.26 Å². The van der Waals surface area contributed by atoms with Gasteiger partial charge in [-0.3, -0.25) is 19.2 Å². The fourth-order valence-corrected chi connectivity index (χ4v) is 3.96. The molecule has 8 N–H and O–H groups in total. The van der Waals surface area contributed by atoms with Gasteiger partial charge in [0, 0.05) is 12.8 Å². The molecule has 1 rings (SSSR count). The molecule has 1 aromatic rings. The number of hydrogen-bond donors (Lipinski definition) is 7. The lowest BCUT2D eigenvalue weighted by atomic mass is 9.96. The maximum absolute atomic E-state index is 13.4. The van der Waals surface area contributed by atoms with E-state index >= 15 is 0 Å². The lowest BCUT2D eigenvalue weighted by molar-refractivity contribution is -0.143. The highest BCUT2D eigenvalue weighted by Gasteiger charge is 2.33. The van der Waals surface area contributed by atoms with E-state index in [-0.39, 0.29) is 18.6 Å². The molecule has 0 spiro atoms. The molecule has 0 aliphatic rings. The van der Waals surface area contributed by atoms with Gasteiger partial charge >= 0.3 is 11.9 Å². The molecular weight excluding hydrogens is 516 g/mol. The molecule has 5 atom stereocenters. The molecule has 0 aromatic heterocycles. The molecule has 0 saturated heterocycles. The minimum absolute atomic E-state index is 0.0299. The van der Waals surface area contributed by atoms with Gasteiger partial charge in [0.1, 0.15) is 23.9 Å². The van der Waals surface area contributed by atoms with Crippen molar-refractivity contribution in [3.05, 3.63) is 29.8 Å². The Morgan fingerprint density at radius 2 is 1.53 bits per heavy atom. The summed E-state index contributed by atoms with van der Waals surface area (Å²) in [6, 6.07) is 1.49. The van der Waals surface area contributed by atoms with Crippen molar-refractivity contribution in [1.29, 1.82) is 0 Å². The monoisotopic (exact) mass is 554 g/mol. The quantitative estimate of drug-likeness (QED) is 0.141. The number of carboxylic acids is 2. The number of carbonyl (C=O) groups excluding carboxylic acids is 3. The summed E-state index contributed by atoms with van der Waals surface area (Å²) in [6.45, 7) is 3.49. The van der Waals surface area contributed by atoms with Crippen LogP contribution in [0.1, 0.15) is 45.1 Å². The molecule has 1 aromatic carbocycles. The zero-order valence-corrected chi connectivity index (χ0v) is 22.6. The van der Waals surface area contributed by atoms with Crippen LogP contribution in [0.5, 0.6) is 5.75 Å². The second-order valence-electron chi connectivity index (χ2n) is 9.02. The molecule has 38 heavy (non-hydrogen) atoms. The molecule has 5 unspecified atom stereocenters. The summed E-state index contributed by atoms with van der Waals surface area (Å²) in [7, 11) is 0. The van der Waals surface area contributed by atoms with Crippen LogP contribution in [0, 0.1) is 5.92 Å². The number of carboxylic acid groups (broad SMARTS) is 2. The third-order valence-corrected chi connectivity index (χ3v) is 6.68. The Balaban J connectivity index is 3.13. The molecule has 212 valence electrons. The van der Waals surface area contributed by atoms with Gasteiger partial charge in [0.2, 0.25) is 17.7 Å². The van der Waals surface area contributed by atoms with Crippen molar-refractivity contribution in [2.45, 2.75) is 70.1 Å². The summed E-state index contributed by atoms with van der Waals surface area (Å²) >= 11 is 1.52. The number of aromatic hydroxyl groups is 1. The maximum atomic E-state index is 13.4. The number of carbonyl (C=O) groups is 5. The number of phenolic OH excluding ortho intramolecular Hbond substituents is 1. The Bertz CT molecular complexity index is 959. The summed E-state index contributed by atoms with van der Waals surface area (Å²) < 4.78 is 0. The topological polar surface area (TPSA) is 208 Å². The number of thioether (sulfide) groups is 1. The van der Waals surface area contributed by atoms with Gasteiger partial charge in [-0.1, -0.05) is 32.4 Å². The fraction of sp³-hybridized carbons (Fsp3) is 0.560. The SMILES string of the molecule is CCC(C)C(NC(=O)C(Cc1ccc(O)cc1)NC(=O)C(N)CCSC)C(=O)NC(CCC(=O)O)C(=O)O. The molecule has 0 saturated carbocycles. The normalized spacial score (nSPS) is 14.8. The van der Waals surface area contributed by atoms with E-state index in [1.165, 1.54) is 23.9 Å². The molecule has 0 heterocycles. The van der Waals surface area contributed by atoms with Gasteiger partial charge in [-0.15, -0.1) is 0 Å². The van der Waals surface area contributed by atoms with Crippen LogP contribution in [-0.4, -0.2) is 81.2 Å². The number of nitrogens with two attached hydrogens (primary N) is 1. The van der Waals surface area contributed by atoms with Crippen molar-refractivity contribution in [3.63, 3.8) is 0 Å². The zero-order valence-electron chi connectivity index (χ0n) is 21.8. The van der Waals surface area contributed by atoms with E-state index in [2.05, 4.69) is 16.0 Å². The Morgan fingerprint density at radius 3 is 2.05 bits per heavy atom. The van der Waals surface area contributed by atoms with Gasteiger partial charge in [-0.25, -0.2) is 4.79 Å². The molecule has 0 aliphatic heterocycles. The van der Waals surface area contributed by atoms with Gasteiger partial charge in [0.15, 0.2) is 0 Å². The number of benzene rings is 1. The summed E-state index contributed by atoms with van der Waals surface area (Å²) in [5, 5.41) is 35.4. The average Bonchev–Trinajstić information content (AvgIpc) is 2.87. The first-order valence-electron chi connectivity index (χ1n) is 12.3. The third kappa shape index (κ3) is 11.4. The first-order valence-corrected chi connectivity index (χ1v) is 13.7. The van der Waals surface area contributed by atoms with E-state index in [1.54, 1.807) is 26.0 Å².